The molecule has 0 saturated carbocycles. The molecule has 0 radical (unpaired) electrons. The largest absolute Gasteiger partial charge is 0.456 e. The Morgan fingerprint density at radius 1 is 1.05 bits per heavy atom. The maximum Gasteiger partial charge on any atom is 0.330 e. The van der Waals surface area contributed by atoms with Gasteiger partial charge in [0.15, 0.2) is 14.1 Å². The highest BCUT2D eigenvalue weighted by Gasteiger charge is 2.40. The highest BCUT2D eigenvalue weighted by molar-refractivity contribution is 6.74. The van der Waals surface area contributed by atoms with Crippen molar-refractivity contribution < 1.29 is 28.2 Å². The first-order valence-electron chi connectivity index (χ1n) is 14.3. The van der Waals surface area contributed by atoms with Crippen molar-refractivity contribution in [2.75, 3.05) is 6.61 Å². The van der Waals surface area contributed by atoms with Gasteiger partial charge in [0.1, 0.15) is 12.2 Å². The number of hydrogen-bond donors (Lipinski definition) is 0. The minimum atomic E-state index is -2.01. The van der Waals surface area contributed by atoms with E-state index in [-0.39, 0.29) is 35.4 Å². The van der Waals surface area contributed by atoms with Gasteiger partial charge < -0.3 is 23.4 Å². The fourth-order valence-corrected chi connectivity index (χ4v) is 6.02. The van der Waals surface area contributed by atoms with Gasteiger partial charge in [-0.3, -0.25) is 0 Å². The van der Waals surface area contributed by atoms with Crippen LogP contribution in [0.15, 0.2) is 48.6 Å². The van der Waals surface area contributed by atoms with Crippen molar-refractivity contribution in [2.24, 2.45) is 0 Å². The van der Waals surface area contributed by atoms with Gasteiger partial charge in [0.2, 0.25) is 0 Å². The molecule has 0 aliphatic carbocycles. The number of rotatable bonds is 3. The van der Waals surface area contributed by atoms with Crippen LogP contribution in [0.4, 0.5) is 0 Å². The minimum Gasteiger partial charge on any atom is -0.456 e. The molecule has 3 aliphatic rings. The summed E-state index contributed by atoms with van der Waals surface area (Å²) in [6.45, 7) is 19.9. The first-order valence-corrected chi connectivity index (χ1v) is 17.2. The first kappa shape index (κ1) is 31.0. The van der Waals surface area contributed by atoms with E-state index in [4.69, 9.17) is 23.4 Å². The molecule has 1 saturated heterocycles. The number of fused-ring (bicyclic) bond motifs is 2. The van der Waals surface area contributed by atoms with E-state index in [9.17, 15) is 4.79 Å². The van der Waals surface area contributed by atoms with Crippen molar-refractivity contribution in [3.05, 3.63) is 48.6 Å². The summed E-state index contributed by atoms with van der Waals surface area (Å²) in [7, 11) is -2.01. The van der Waals surface area contributed by atoms with E-state index >= 15 is 0 Å². The van der Waals surface area contributed by atoms with E-state index in [1.807, 2.05) is 19.9 Å². The van der Waals surface area contributed by atoms with Crippen molar-refractivity contribution in [1.82, 2.24) is 0 Å². The Bertz CT molecular complexity index is 897. The van der Waals surface area contributed by atoms with Crippen molar-refractivity contribution in [1.29, 1.82) is 0 Å². The fraction of sp³-hybridized carbons (Fsp3) is 0.710. The Hall–Kier alpha value is -1.51. The third kappa shape index (κ3) is 9.59. The van der Waals surface area contributed by atoms with E-state index in [0.717, 1.165) is 32.1 Å². The molecule has 0 amide bonds. The molecule has 0 spiro atoms. The minimum absolute atomic E-state index is 0.0200. The van der Waals surface area contributed by atoms with Gasteiger partial charge in [0.05, 0.1) is 24.9 Å². The van der Waals surface area contributed by atoms with Gasteiger partial charge in [-0.1, -0.05) is 63.3 Å². The van der Waals surface area contributed by atoms with Crippen LogP contribution in [-0.4, -0.2) is 57.2 Å². The molecule has 0 aromatic rings. The van der Waals surface area contributed by atoms with Gasteiger partial charge in [-0.15, -0.1) is 0 Å². The summed E-state index contributed by atoms with van der Waals surface area (Å²) in [5.74, 6) is -1.08. The molecule has 3 heterocycles. The molecular weight excluding hydrogens is 496 g/mol. The maximum absolute atomic E-state index is 12.8. The van der Waals surface area contributed by atoms with Gasteiger partial charge in [-0.05, 0) is 70.5 Å². The summed E-state index contributed by atoms with van der Waals surface area (Å²) >= 11 is 0. The molecule has 38 heavy (non-hydrogen) atoms. The molecule has 2 bridgehead atoms. The lowest BCUT2D eigenvalue weighted by molar-refractivity contribution is -0.166. The van der Waals surface area contributed by atoms with Crippen LogP contribution in [0.3, 0.4) is 0 Å². The van der Waals surface area contributed by atoms with Crippen LogP contribution in [-0.2, 0) is 28.2 Å². The molecule has 1 fully saturated rings. The average molecular weight is 547 g/mol. The zero-order valence-corrected chi connectivity index (χ0v) is 25.7. The SMILES string of the molecule is C=C1CCC[C@@H]2CC=C[C@@H](CC=CC(=O)O[C@H]([C@H]3COC(C)(C)O3)CC=CC(O[Si](C)(C)C(C)(C)C)C1)O2. The molecule has 0 aromatic carbocycles. The lowest BCUT2D eigenvalue weighted by Crippen LogP contribution is -2.43. The zero-order chi connectivity index (χ0) is 28.0. The van der Waals surface area contributed by atoms with Crippen LogP contribution in [0.25, 0.3) is 0 Å². The van der Waals surface area contributed by atoms with Gasteiger partial charge in [0.25, 0.3) is 0 Å². The molecule has 214 valence electrons. The zero-order valence-electron chi connectivity index (χ0n) is 24.7. The highest BCUT2D eigenvalue weighted by atomic mass is 28.4. The van der Waals surface area contributed by atoms with Crippen LogP contribution in [0, 0.1) is 0 Å². The van der Waals surface area contributed by atoms with E-state index in [2.05, 4.69) is 64.7 Å². The third-order valence-electron chi connectivity index (χ3n) is 7.97. The summed E-state index contributed by atoms with van der Waals surface area (Å²) < 4.78 is 30.8. The lowest BCUT2D eigenvalue weighted by atomic mass is 9.99. The Morgan fingerprint density at radius 3 is 2.47 bits per heavy atom. The second-order valence-electron chi connectivity index (χ2n) is 12.9. The first-order chi connectivity index (χ1) is 17.7. The lowest BCUT2D eigenvalue weighted by Gasteiger charge is -2.39. The Balaban J connectivity index is 1.81. The number of hydrogen-bond acceptors (Lipinski definition) is 6. The topological polar surface area (TPSA) is 63.2 Å². The van der Waals surface area contributed by atoms with Gasteiger partial charge in [-0.25, -0.2) is 4.79 Å². The van der Waals surface area contributed by atoms with E-state index in [1.54, 1.807) is 0 Å². The summed E-state index contributed by atoms with van der Waals surface area (Å²) in [4.78, 5) is 12.8. The quantitative estimate of drug-likeness (QED) is 0.212. The molecule has 3 aliphatic heterocycles. The molecule has 3 rings (SSSR count). The Morgan fingerprint density at radius 2 is 1.79 bits per heavy atom. The monoisotopic (exact) mass is 546 g/mol. The summed E-state index contributed by atoms with van der Waals surface area (Å²) in [6.07, 6.45) is 17.0. The van der Waals surface area contributed by atoms with Gasteiger partial charge in [0, 0.05) is 12.5 Å². The van der Waals surface area contributed by atoms with Crippen molar-refractivity contribution in [2.45, 2.75) is 134 Å². The predicted octanol–water partition coefficient (Wildman–Crippen LogP) is 7.18. The maximum atomic E-state index is 12.8. The average Bonchev–Trinajstić information content (AvgIpc) is 3.16. The van der Waals surface area contributed by atoms with Crippen molar-refractivity contribution in [3.8, 4) is 0 Å². The normalized spacial score (nSPS) is 32.0. The molecule has 1 unspecified atom stereocenters. The molecule has 7 heteroatoms. The molecular formula is C31H50O6Si. The van der Waals surface area contributed by atoms with E-state index < -0.39 is 20.2 Å². The number of carbonyl (C=O) groups excluding carboxylic acids is 1. The Kier molecular flexibility index (Phi) is 10.8. The second kappa shape index (κ2) is 13.2. The third-order valence-corrected chi connectivity index (χ3v) is 12.5. The van der Waals surface area contributed by atoms with Crippen LogP contribution >= 0.6 is 0 Å². The van der Waals surface area contributed by atoms with Crippen molar-refractivity contribution >= 4 is 14.3 Å². The van der Waals surface area contributed by atoms with Crippen LogP contribution in [0.2, 0.25) is 18.1 Å². The van der Waals surface area contributed by atoms with Gasteiger partial charge >= 0.3 is 5.97 Å². The van der Waals surface area contributed by atoms with E-state index in [0.29, 0.717) is 19.4 Å². The highest BCUT2D eigenvalue weighted by Crippen LogP contribution is 2.38. The van der Waals surface area contributed by atoms with Crippen molar-refractivity contribution in [3.63, 3.8) is 0 Å². The molecule has 0 aromatic heterocycles. The summed E-state index contributed by atoms with van der Waals surface area (Å²) in [5.41, 5.74) is 1.20. The number of esters is 1. The van der Waals surface area contributed by atoms with Crippen LogP contribution in [0.5, 0.6) is 0 Å². The predicted molar refractivity (Wildman–Crippen MR) is 154 cm³/mol. The smallest absolute Gasteiger partial charge is 0.330 e. The van der Waals surface area contributed by atoms with E-state index in [1.165, 1.54) is 11.6 Å². The molecule has 6 nitrogen and oxygen atoms in total. The molecule has 0 N–H and O–H groups in total. The molecule has 5 atom stereocenters. The fourth-order valence-electron chi connectivity index (χ4n) is 4.75. The number of ether oxygens (including phenoxy) is 4. The Labute approximate surface area is 231 Å². The van der Waals surface area contributed by atoms with Crippen LogP contribution < -0.4 is 0 Å². The van der Waals surface area contributed by atoms with Crippen LogP contribution in [0.1, 0.15) is 79.6 Å². The summed E-state index contributed by atoms with van der Waals surface area (Å²) in [5, 5.41) is 0.0988. The second-order valence-corrected chi connectivity index (χ2v) is 17.6. The standard InChI is InChI=1S/C31H50O6Si/c1-23-13-9-14-24-15-10-16-25(34-24)17-12-20-29(32)35-27(28-22-33-31(5,6)36-28)19-11-18-26(21-23)37-38(7,8)30(2,3)4/h10-12,16,18,20,24-28H,1,9,13-15,17,19,21-22H2,2-8H3/t24-,25+,26?,27+,28-/m1/s1. The summed E-state index contributed by atoms with van der Waals surface area (Å²) in [6, 6.07) is 0. The van der Waals surface area contributed by atoms with Gasteiger partial charge in [-0.2, -0.15) is 0 Å². The number of carbonyl (C=O) groups is 1. The number of cyclic esters (lactones) is 1.